The molecule has 206 valence electrons. The smallest absolute Gasteiger partial charge is 0.204 e. The maximum absolute atomic E-state index is 2.37. The fraction of sp³-hybridized carbons (Fsp3) is 0.278. The van der Waals surface area contributed by atoms with E-state index in [1.165, 1.54) is 59.6 Å². The van der Waals surface area contributed by atoms with Gasteiger partial charge in [0, 0.05) is 75.0 Å². The predicted octanol–water partition coefficient (Wildman–Crippen LogP) is 6.81. The van der Waals surface area contributed by atoms with E-state index in [-0.39, 0.29) is 0 Å². The van der Waals surface area contributed by atoms with Gasteiger partial charge in [-0.15, -0.1) is 0 Å². The van der Waals surface area contributed by atoms with E-state index in [1.807, 2.05) is 12.1 Å². The van der Waals surface area contributed by atoms with Gasteiger partial charge in [0.1, 0.15) is 14.1 Å². The normalized spacial score (nSPS) is 11.4. The highest BCUT2D eigenvalue weighted by molar-refractivity contribution is 5.69. The number of unbranched alkanes of at least 4 members (excludes halogenated alkanes) is 3. The molecular weight excluding hydrogens is 488 g/mol. The number of nitrogens with zero attached hydrogens (tertiary/aromatic N) is 4. The third-order valence-electron chi connectivity index (χ3n) is 7.49. The lowest BCUT2D eigenvalue weighted by atomic mass is 10.1. The topological polar surface area (TPSA) is 14.2 Å². The molecule has 0 aliphatic heterocycles. The summed E-state index contributed by atoms with van der Waals surface area (Å²) in [5.74, 6) is 0. The highest BCUT2D eigenvalue weighted by Gasteiger charge is 2.04. The molecule has 0 atom stereocenters. The molecule has 2 heterocycles. The number of rotatable bonds is 13. The molecular formula is C36H44N4+2. The number of aryl methyl sites for hydroxylation is 2. The van der Waals surface area contributed by atoms with E-state index in [9.17, 15) is 0 Å². The van der Waals surface area contributed by atoms with Crippen LogP contribution in [0.4, 0.5) is 11.4 Å². The van der Waals surface area contributed by atoms with E-state index in [1.54, 1.807) is 0 Å². The number of aromatic nitrogens is 2. The molecule has 0 aliphatic carbocycles. The Balaban J connectivity index is 1.13. The standard InChI is InChI=1S/C36H44N4/c1-37-29-11-7-13-33(37)21-15-31-17-23-35(24-18-31)39(3)27-9-5-6-10-28-40(4)36-25-19-32(20-26-36)16-22-34-14-8-12-30-38(34)2/h7-8,11-26,29-30H,5-6,9-10,27-28H2,1-4H3/q+2. The molecule has 2 aromatic heterocycles. The van der Waals surface area contributed by atoms with Crippen molar-refractivity contribution in [3.63, 3.8) is 0 Å². The van der Waals surface area contributed by atoms with Crippen LogP contribution < -0.4 is 18.9 Å². The third-order valence-corrected chi connectivity index (χ3v) is 7.49. The second-order valence-corrected chi connectivity index (χ2v) is 10.6. The summed E-state index contributed by atoms with van der Waals surface area (Å²) in [6, 6.07) is 30.2. The van der Waals surface area contributed by atoms with Gasteiger partial charge in [-0.1, -0.05) is 37.1 Å². The zero-order valence-corrected chi connectivity index (χ0v) is 24.6. The summed E-state index contributed by atoms with van der Waals surface area (Å²) in [4.78, 5) is 4.73. The van der Waals surface area contributed by atoms with E-state index in [4.69, 9.17) is 0 Å². The molecule has 40 heavy (non-hydrogen) atoms. The van der Waals surface area contributed by atoms with E-state index in [2.05, 4.69) is 157 Å². The second kappa shape index (κ2) is 14.8. The van der Waals surface area contributed by atoms with Crippen molar-refractivity contribution in [1.29, 1.82) is 0 Å². The van der Waals surface area contributed by atoms with Gasteiger partial charge in [0.15, 0.2) is 12.4 Å². The van der Waals surface area contributed by atoms with E-state index < -0.39 is 0 Å². The Morgan fingerprint density at radius 1 is 0.500 bits per heavy atom. The molecule has 0 bridgehead atoms. The summed E-state index contributed by atoms with van der Waals surface area (Å²) < 4.78 is 4.25. The third kappa shape index (κ3) is 8.67. The number of hydrogen-bond donors (Lipinski definition) is 0. The van der Waals surface area contributed by atoms with Crippen LogP contribution in [0.5, 0.6) is 0 Å². The Kier molecular flexibility index (Phi) is 10.7. The first-order chi connectivity index (χ1) is 19.5. The Morgan fingerprint density at radius 3 is 1.27 bits per heavy atom. The fourth-order valence-electron chi connectivity index (χ4n) is 4.77. The highest BCUT2D eigenvalue weighted by atomic mass is 15.1. The van der Waals surface area contributed by atoms with Crippen LogP contribution >= 0.6 is 0 Å². The predicted molar refractivity (Wildman–Crippen MR) is 171 cm³/mol. The van der Waals surface area contributed by atoms with E-state index in [0.717, 1.165) is 13.1 Å². The number of hydrogen-bond acceptors (Lipinski definition) is 2. The average Bonchev–Trinajstić information content (AvgIpc) is 2.98. The van der Waals surface area contributed by atoms with Crippen LogP contribution in [0.15, 0.2) is 97.3 Å². The number of benzene rings is 2. The first-order valence-electron chi connectivity index (χ1n) is 14.4. The molecule has 4 nitrogen and oxygen atoms in total. The van der Waals surface area contributed by atoms with Crippen molar-refractivity contribution in [1.82, 2.24) is 0 Å². The molecule has 0 unspecified atom stereocenters. The summed E-state index contributed by atoms with van der Waals surface area (Å²) in [5.41, 5.74) is 7.37. The molecule has 0 saturated heterocycles. The van der Waals surface area contributed by atoms with Crippen molar-refractivity contribution in [3.05, 3.63) is 120 Å². The molecule has 0 aliphatic rings. The van der Waals surface area contributed by atoms with Gasteiger partial charge in [0.25, 0.3) is 0 Å². The number of pyridine rings is 2. The zero-order chi connectivity index (χ0) is 28.2. The molecule has 4 rings (SSSR count). The Hall–Kier alpha value is -4.18. The Morgan fingerprint density at radius 2 is 0.900 bits per heavy atom. The van der Waals surface area contributed by atoms with Gasteiger partial charge in [0.2, 0.25) is 11.4 Å². The summed E-state index contributed by atoms with van der Waals surface area (Å²) >= 11 is 0. The molecule has 0 amide bonds. The van der Waals surface area contributed by atoms with Gasteiger partial charge < -0.3 is 9.80 Å². The van der Waals surface area contributed by atoms with Gasteiger partial charge in [-0.3, -0.25) is 0 Å². The molecule has 0 N–H and O–H groups in total. The molecule has 0 fully saturated rings. The van der Waals surface area contributed by atoms with Crippen molar-refractivity contribution in [2.75, 3.05) is 37.0 Å². The summed E-state index contributed by atoms with van der Waals surface area (Å²) in [5, 5.41) is 0. The first-order valence-corrected chi connectivity index (χ1v) is 14.4. The lowest BCUT2D eigenvalue weighted by Crippen LogP contribution is -2.30. The average molecular weight is 533 g/mol. The molecule has 0 saturated carbocycles. The number of anilines is 2. The van der Waals surface area contributed by atoms with Crippen LogP contribution in [-0.2, 0) is 14.1 Å². The van der Waals surface area contributed by atoms with E-state index in [0.29, 0.717) is 0 Å². The van der Waals surface area contributed by atoms with Gasteiger partial charge in [0.05, 0.1) is 0 Å². The minimum atomic E-state index is 1.08. The Bertz CT molecular complexity index is 1280. The maximum Gasteiger partial charge on any atom is 0.204 e. The molecule has 0 radical (unpaired) electrons. The summed E-state index contributed by atoms with van der Waals surface area (Å²) in [6.07, 6.45) is 17.8. The van der Waals surface area contributed by atoms with E-state index >= 15 is 0 Å². The van der Waals surface area contributed by atoms with Crippen LogP contribution in [0.3, 0.4) is 0 Å². The van der Waals surface area contributed by atoms with Crippen LogP contribution in [-0.4, -0.2) is 27.2 Å². The summed E-state index contributed by atoms with van der Waals surface area (Å²) in [7, 11) is 8.53. The summed E-state index contributed by atoms with van der Waals surface area (Å²) in [6.45, 7) is 2.17. The van der Waals surface area contributed by atoms with Crippen molar-refractivity contribution in [2.24, 2.45) is 14.1 Å². The van der Waals surface area contributed by atoms with Crippen LogP contribution in [0.1, 0.15) is 48.2 Å². The lowest BCUT2D eigenvalue weighted by molar-refractivity contribution is -0.673. The van der Waals surface area contributed by atoms with Crippen LogP contribution in [0.2, 0.25) is 0 Å². The second-order valence-electron chi connectivity index (χ2n) is 10.6. The van der Waals surface area contributed by atoms with Crippen molar-refractivity contribution in [2.45, 2.75) is 25.7 Å². The highest BCUT2D eigenvalue weighted by Crippen LogP contribution is 2.18. The largest absolute Gasteiger partial charge is 0.375 e. The monoisotopic (exact) mass is 532 g/mol. The maximum atomic E-state index is 2.37. The Labute approximate surface area is 241 Å². The van der Waals surface area contributed by atoms with Crippen molar-refractivity contribution in [3.8, 4) is 0 Å². The van der Waals surface area contributed by atoms with Crippen molar-refractivity contribution < 1.29 is 9.13 Å². The minimum absolute atomic E-state index is 1.08. The lowest BCUT2D eigenvalue weighted by Gasteiger charge is -2.20. The minimum Gasteiger partial charge on any atom is -0.375 e. The molecule has 4 aromatic rings. The SMILES string of the molecule is CN(CCCCCCN(C)c1ccc(/C=C/c2cccc[n+]2C)cc1)c1ccc(/C=C/c2cccc[n+]2C)cc1. The molecule has 4 heteroatoms. The zero-order valence-electron chi connectivity index (χ0n) is 24.6. The van der Waals surface area contributed by atoms with Crippen LogP contribution in [0, 0.1) is 0 Å². The van der Waals surface area contributed by atoms with Crippen molar-refractivity contribution >= 4 is 35.7 Å². The fourth-order valence-corrected chi connectivity index (χ4v) is 4.77. The van der Waals surface area contributed by atoms with Gasteiger partial charge in [-0.05, 0) is 72.5 Å². The molecule has 2 aromatic carbocycles. The van der Waals surface area contributed by atoms with Crippen LogP contribution in [0.25, 0.3) is 24.3 Å². The van der Waals surface area contributed by atoms with Gasteiger partial charge in [-0.25, -0.2) is 9.13 Å². The van der Waals surface area contributed by atoms with Gasteiger partial charge >= 0.3 is 0 Å². The quantitative estimate of drug-likeness (QED) is 0.139. The van der Waals surface area contributed by atoms with Gasteiger partial charge in [-0.2, -0.15) is 0 Å². The molecule has 0 spiro atoms. The first kappa shape index (κ1) is 28.8.